The number of aromatic nitrogens is 1. The Labute approximate surface area is 132 Å². The largest absolute Gasteiger partial charge is 0.507 e. The van der Waals surface area contributed by atoms with E-state index in [1.54, 1.807) is 0 Å². The molecule has 1 amide bonds. The molecule has 10 heteroatoms. The first-order chi connectivity index (χ1) is 11.2. The van der Waals surface area contributed by atoms with E-state index in [0.29, 0.717) is 24.4 Å². The number of nitrogens with zero attached hydrogens (tertiary/aromatic N) is 1. The van der Waals surface area contributed by atoms with Crippen molar-refractivity contribution in [2.24, 2.45) is 0 Å². The van der Waals surface area contributed by atoms with Gasteiger partial charge >= 0.3 is 11.9 Å². The minimum absolute atomic E-state index is 0.491. The maximum Gasteiger partial charge on any atom is 0.339 e. The molecule has 2 aromatic rings. The Morgan fingerprint density at radius 2 is 1.46 bits per heavy atom. The predicted molar refractivity (Wildman–Crippen MR) is 75.8 cm³/mol. The number of carbonyl (C=O) groups excluding carboxylic acids is 1. The van der Waals surface area contributed by atoms with Crippen LogP contribution in [0, 0.1) is 5.82 Å². The first-order valence-electron chi connectivity index (χ1n) is 6.20. The number of anilines is 1. The van der Waals surface area contributed by atoms with Crippen LogP contribution in [0.1, 0.15) is 31.1 Å². The van der Waals surface area contributed by atoms with E-state index in [4.69, 9.17) is 10.2 Å². The average Bonchev–Trinajstić information content (AvgIpc) is 2.50. The van der Waals surface area contributed by atoms with Crippen molar-refractivity contribution in [2.75, 3.05) is 5.32 Å². The molecule has 0 saturated heterocycles. The van der Waals surface area contributed by atoms with E-state index in [9.17, 15) is 29.0 Å². The lowest BCUT2D eigenvalue weighted by Crippen LogP contribution is -2.17. The van der Waals surface area contributed by atoms with Crippen LogP contribution in [0.5, 0.6) is 11.5 Å². The second-order valence-electron chi connectivity index (χ2n) is 4.50. The lowest BCUT2D eigenvalue weighted by atomic mass is 10.1. The molecule has 2 rings (SSSR count). The number of phenolic OH excluding ortho intramolecular Hbond substituents is 1. The highest BCUT2D eigenvalue weighted by molar-refractivity contribution is 6.09. The second-order valence-corrected chi connectivity index (χ2v) is 4.50. The van der Waals surface area contributed by atoms with E-state index in [1.807, 2.05) is 5.32 Å². The Balaban J connectivity index is 2.40. The zero-order valence-electron chi connectivity index (χ0n) is 11.6. The van der Waals surface area contributed by atoms with E-state index >= 15 is 0 Å². The van der Waals surface area contributed by atoms with Gasteiger partial charge in [-0.1, -0.05) is 0 Å². The van der Waals surface area contributed by atoms with E-state index in [1.165, 1.54) is 0 Å². The number of carbonyl (C=O) groups is 3. The molecular formula is C14H9FN2O7. The summed E-state index contributed by atoms with van der Waals surface area (Å²) in [6.07, 6.45) is 0.674. The molecule has 0 spiro atoms. The maximum atomic E-state index is 13.0. The van der Waals surface area contributed by atoms with Gasteiger partial charge in [0.25, 0.3) is 5.91 Å². The van der Waals surface area contributed by atoms with E-state index in [0.717, 1.165) is 0 Å². The van der Waals surface area contributed by atoms with Gasteiger partial charge in [-0.25, -0.2) is 19.0 Å². The third kappa shape index (κ3) is 3.21. The number of hydrogen-bond donors (Lipinski definition) is 5. The van der Waals surface area contributed by atoms with Crippen LogP contribution >= 0.6 is 0 Å². The first kappa shape index (κ1) is 16.7. The highest BCUT2D eigenvalue weighted by Crippen LogP contribution is 2.28. The van der Waals surface area contributed by atoms with Crippen molar-refractivity contribution >= 4 is 23.7 Å². The van der Waals surface area contributed by atoms with Crippen molar-refractivity contribution in [2.45, 2.75) is 0 Å². The molecule has 0 aliphatic heterocycles. The molecule has 0 aliphatic carbocycles. The molecule has 124 valence electrons. The van der Waals surface area contributed by atoms with Gasteiger partial charge < -0.3 is 25.7 Å². The summed E-state index contributed by atoms with van der Waals surface area (Å²) in [4.78, 5) is 37.3. The molecule has 0 saturated carbocycles. The van der Waals surface area contributed by atoms with Gasteiger partial charge in [0.05, 0.1) is 11.8 Å². The number of pyridine rings is 1. The Morgan fingerprint density at radius 1 is 0.917 bits per heavy atom. The molecule has 0 bridgehead atoms. The summed E-state index contributed by atoms with van der Waals surface area (Å²) < 4.78 is 13.0. The third-order valence-electron chi connectivity index (χ3n) is 2.91. The highest BCUT2D eigenvalue weighted by atomic mass is 19.1. The van der Waals surface area contributed by atoms with E-state index < -0.39 is 57.7 Å². The number of halogens is 1. The summed E-state index contributed by atoms with van der Waals surface area (Å²) in [5.74, 6) is -7.13. The molecule has 1 aromatic heterocycles. The van der Waals surface area contributed by atoms with Crippen LogP contribution in [-0.2, 0) is 0 Å². The number of carboxylic acids is 2. The van der Waals surface area contributed by atoms with Gasteiger partial charge in [-0.3, -0.25) is 4.79 Å². The molecule has 0 atom stereocenters. The monoisotopic (exact) mass is 336 g/mol. The molecule has 0 fully saturated rings. The van der Waals surface area contributed by atoms with Crippen molar-refractivity contribution < 1.29 is 39.2 Å². The molecular weight excluding hydrogens is 327 g/mol. The smallest absolute Gasteiger partial charge is 0.339 e. The molecule has 0 unspecified atom stereocenters. The fourth-order valence-corrected chi connectivity index (χ4v) is 1.81. The van der Waals surface area contributed by atoms with Crippen molar-refractivity contribution in [1.29, 1.82) is 0 Å². The minimum atomic E-state index is -1.55. The van der Waals surface area contributed by atoms with Crippen molar-refractivity contribution in [1.82, 2.24) is 4.98 Å². The fourth-order valence-electron chi connectivity index (χ4n) is 1.81. The Bertz CT molecular complexity index is 866. The number of amides is 1. The summed E-state index contributed by atoms with van der Waals surface area (Å²) in [5.41, 5.74) is -1.79. The SMILES string of the molecule is O=C(O)c1cc(O)c(C(=O)Nc2ncc(F)cc2C(=O)O)cc1O. The lowest BCUT2D eigenvalue weighted by Gasteiger charge is -2.10. The molecule has 24 heavy (non-hydrogen) atoms. The lowest BCUT2D eigenvalue weighted by molar-refractivity contribution is 0.0683. The van der Waals surface area contributed by atoms with Crippen LogP contribution in [0.4, 0.5) is 10.2 Å². The van der Waals surface area contributed by atoms with Crippen LogP contribution in [0.15, 0.2) is 24.4 Å². The van der Waals surface area contributed by atoms with Gasteiger partial charge in [-0.15, -0.1) is 0 Å². The summed E-state index contributed by atoms with van der Waals surface area (Å²) in [6, 6.07) is 1.98. The zero-order chi connectivity index (χ0) is 18.0. The number of benzene rings is 1. The second kappa shape index (κ2) is 6.20. The Morgan fingerprint density at radius 3 is 2.04 bits per heavy atom. The van der Waals surface area contributed by atoms with Gasteiger partial charge in [0.1, 0.15) is 34.3 Å². The molecule has 1 aromatic carbocycles. The summed E-state index contributed by atoms with van der Waals surface area (Å²) in [6.45, 7) is 0. The Hall–Kier alpha value is -3.69. The van der Waals surface area contributed by atoms with Gasteiger partial charge in [0, 0.05) is 0 Å². The predicted octanol–water partition coefficient (Wildman–Crippen LogP) is 1.28. The normalized spacial score (nSPS) is 10.2. The standard InChI is InChI=1S/C14H9FN2O7/c15-5-1-8(14(23)24)11(16-4-5)17-12(20)6-2-10(19)7(13(21)22)3-9(6)18/h1-4,18-19H,(H,21,22)(H,23,24)(H,16,17,20). The van der Waals surface area contributed by atoms with Gasteiger partial charge in [-0.05, 0) is 18.2 Å². The van der Waals surface area contributed by atoms with Crippen molar-refractivity contribution in [3.05, 3.63) is 46.9 Å². The summed E-state index contributed by atoms with van der Waals surface area (Å²) in [5, 5.41) is 39.0. The molecule has 0 radical (unpaired) electrons. The Kier molecular flexibility index (Phi) is 4.31. The average molecular weight is 336 g/mol. The summed E-state index contributed by atoms with van der Waals surface area (Å²) >= 11 is 0. The van der Waals surface area contributed by atoms with Gasteiger partial charge in [0.15, 0.2) is 0 Å². The van der Waals surface area contributed by atoms with Crippen molar-refractivity contribution in [3.63, 3.8) is 0 Å². The molecule has 9 nitrogen and oxygen atoms in total. The number of aromatic hydroxyl groups is 2. The molecule has 5 N–H and O–H groups in total. The van der Waals surface area contributed by atoms with Crippen LogP contribution < -0.4 is 5.32 Å². The quantitative estimate of drug-likeness (QED) is 0.522. The fraction of sp³-hybridized carbons (Fsp3) is 0. The van der Waals surface area contributed by atoms with Crippen LogP contribution in [0.2, 0.25) is 0 Å². The molecule has 1 heterocycles. The maximum absolute atomic E-state index is 13.0. The number of hydrogen-bond acceptors (Lipinski definition) is 6. The molecule has 0 aliphatic rings. The van der Waals surface area contributed by atoms with Crippen molar-refractivity contribution in [3.8, 4) is 11.5 Å². The third-order valence-corrected chi connectivity index (χ3v) is 2.91. The number of carboxylic acid groups (broad SMARTS) is 2. The van der Waals surface area contributed by atoms with Crippen LogP contribution in [0.3, 0.4) is 0 Å². The number of nitrogens with one attached hydrogen (secondary N) is 1. The first-order valence-corrected chi connectivity index (χ1v) is 6.20. The number of rotatable bonds is 4. The van der Waals surface area contributed by atoms with E-state index in [-0.39, 0.29) is 0 Å². The van der Waals surface area contributed by atoms with Crippen LogP contribution in [0.25, 0.3) is 0 Å². The topological polar surface area (TPSA) is 157 Å². The minimum Gasteiger partial charge on any atom is -0.507 e. The number of aromatic carboxylic acids is 2. The highest BCUT2D eigenvalue weighted by Gasteiger charge is 2.21. The van der Waals surface area contributed by atoms with Crippen LogP contribution in [-0.4, -0.2) is 43.3 Å². The van der Waals surface area contributed by atoms with E-state index in [2.05, 4.69) is 4.98 Å². The summed E-state index contributed by atoms with van der Waals surface area (Å²) in [7, 11) is 0. The van der Waals surface area contributed by atoms with Gasteiger partial charge in [-0.2, -0.15) is 0 Å². The zero-order valence-corrected chi connectivity index (χ0v) is 11.6. The number of phenols is 2. The van der Waals surface area contributed by atoms with Gasteiger partial charge in [0.2, 0.25) is 0 Å².